The van der Waals surface area contributed by atoms with Crippen LogP contribution in [0.4, 0.5) is 5.69 Å². The number of nitro benzene ring substituents is 1. The van der Waals surface area contributed by atoms with Crippen LogP contribution in [0.15, 0.2) is 18.2 Å². The number of hydrogen-bond donors (Lipinski definition) is 2. The molecule has 1 unspecified atom stereocenters. The molecule has 0 fully saturated rings. The van der Waals surface area contributed by atoms with Crippen LogP contribution in [0.3, 0.4) is 0 Å². The van der Waals surface area contributed by atoms with Crippen LogP contribution in [-0.2, 0) is 0 Å². The van der Waals surface area contributed by atoms with E-state index in [1.165, 1.54) is 12.1 Å². The van der Waals surface area contributed by atoms with Crippen molar-refractivity contribution in [3.63, 3.8) is 0 Å². The van der Waals surface area contributed by atoms with Crippen LogP contribution in [-0.4, -0.2) is 23.4 Å². The maximum atomic E-state index is 11.8. The lowest BCUT2D eigenvalue weighted by Gasteiger charge is -2.09. The number of hydrogen-bond acceptors (Lipinski definition) is 4. The highest BCUT2D eigenvalue weighted by Gasteiger charge is 2.14. The SMILES string of the molecule is Cc1ccc([N+](=O)[O-])cc1C(=O)NCCC(C)N.Cl. The molecule has 7 heteroatoms. The van der Waals surface area contributed by atoms with Gasteiger partial charge in [0.25, 0.3) is 11.6 Å². The Kier molecular flexibility index (Phi) is 7.03. The molecule has 0 radical (unpaired) electrons. The normalized spacial score (nSPS) is 11.3. The summed E-state index contributed by atoms with van der Waals surface area (Å²) >= 11 is 0. The summed E-state index contributed by atoms with van der Waals surface area (Å²) in [6, 6.07) is 4.25. The molecule has 0 aliphatic heterocycles. The van der Waals surface area contributed by atoms with E-state index in [2.05, 4.69) is 5.32 Å². The Balaban J connectivity index is 0.00000324. The van der Waals surface area contributed by atoms with E-state index in [0.29, 0.717) is 24.1 Å². The molecule has 3 N–H and O–H groups in total. The smallest absolute Gasteiger partial charge is 0.270 e. The van der Waals surface area contributed by atoms with Crippen molar-refractivity contribution in [3.05, 3.63) is 39.4 Å². The van der Waals surface area contributed by atoms with Gasteiger partial charge in [-0.1, -0.05) is 6.07 Å². The second kappa shape index (κ2) is 7.70. The second-order valence-electron chi connectivity index (χ2n) is 4.28. The minimum absolute atomic E-state index is 0. The van der Waals surface area contributed by atoms with Crippen LogP contribution < -0.4 is 11.1 Å². The van der Waals surface area contributed by atoms with Crippen LogP contribution in [0.2, 0.25) is 0 Å². The molecule has 19 heavy (non-hydrogen) atoms. The lowest BCUT2D eigenvalue weighted by Crippen LogP contribution is -2.29. The van der Waals surface area contributed by atoms with Gasteiger partial charge in [0.05, 0.1) is 4.92 Å². The maximum Gasteiger partial charge on any atom is 0.270 e. The number of rotatable bonds is 5. The van der Waals surface area contributed by atoms with E-state index in [9.17, 15) is 14.9 Å². The summed E-state index contributed by atoms with van der Waals surface area (Å²) in [4.78, 5) is 22.0. The molecule has 6 nitrogen and oxygen atoms in total. The third-order valence-corrected chi connectivity index (χ3v) is 2.56. The fourth-order valence-electron chi connectivity index (χ4n) is 1.48. The van der Waals surface area contributed by atoms with Gasteiger partial charge in [-0.3, -0.25) is 14.9 Å². The highest BCUT2D eigenvalue weighted by atomic mass is 35.5. The summed E-state index contributed by atoms with van der Waals surface area (Å²) in [5.74, 6) is -0.308. The Labute approximate surface area is 117 Å². The Morgan fingerprint density at radius 2 is 2.16 bits per heavy atom. The number of non-ortho nitro benzene ring substituents is 1. The first-order valence-electron chi connectivity index (χ1n) is 5.70. The first kappa shape index (κ1) is 17.3. The number of aryl methyl sites for hydroxylation is 1. The van der Waals surface area contributed by atoms with Crippen molar-refractivity contribution in [3.8, 4) is 0 Å². The van der Waals surface area contributed by atoms with Crippen LogP contribution in [0.25, 0.3) is 0 Å². The van der Waals surface area contributed by atoms with Gasteiger partial charge in [0.15, 0.2) is 0 Å². The summed E-state index contributed by atoms with van der Waals surface area (Å²) in [5.41, 5.74) is 6.52. The van der Waals surface area contributed by atoms with E-state index in [1.807, 2.05) is 6.92 Å². The molecule has 0 heterocycles. The highest BCUT2D eigenvalue weighted by molar-refractivity contribution is 5.96. The van der Waals surface area contributed by atoms with E-state index in [1.54, 1.807) is 13.0 Å². The number of nitrogens with zero attached hydrogens (tertiary/aromatic N) is 1. The molecule has 1 atom stereocenters. The van der Waals surface area contributed by atoms with Gasteiger partial charge in [0, 0.05) is 30.3 Å². The number of carbonyl (C=O) groups is 1. The molecule has 0 aliphatic carbocycles. The summed E-state index contributed by atoms with van der Waals surface area (Å²) < 4.78 is 0. The molecule has 1 rings (SSSR count). The average molecular weight is 288 g/mol. The molecule has 106 valence electrons. The van der Waals surface area contributed by atoms with Crippen molar-refractivity contribution in [2.24, 2.45) is 5.73 Å². The third-order valence-electron chi connectivity index (χ3n) is 2.56. The number of nitrogens with one attached hydrogen (secondary N) is 1. The first-order chi connectivity index (χ1) is 8.41. The van der Waals surface area contributed by atoms with Crippen molar-refractivity contribution in [1.29, 1.82) is 0 Å². The Hall–Kier alpha value is -1.66. The van der Waals surface area contributed by atoms with Crippen molar-refractivity contribution >= 4 is 24.0 Å². The Bertz CT molecular complexity index is 464. The van der Waals surface area contributed by atoms with Crippen LogP contribution in [0, 0.1) is 17.0 Å². The first-order valence-corrected chi connectivity index (χ1v) is 5.70. The zero-order valence-electron chi connectivity index (χ0n) is 10.9. The molecule has 1 aromatic carbocycles. The Morgan fingerprint density at radius 3 is 2.68 bits per heavy atom. The fraction of sp³-hybridized carbons (Fsp3) is 0.417. The number of halogens is 1. The minimum atomic E-state index is -0.516. The number of amides is 1. The van der Waals surface area contributed by atoms with Gasteiger partial charge in [-0.25, -0.2) is 0 Å². The van der Waals surface area contributed by atoms with Crippen molar-refractivity contribution in [2.75, 3.05) is 6.54 Å². The second-order valence-corrected chi connectivity index (χ2v) is 4.28. The van der Waals surface area contributed by atoms with Gasteiger partial charge in [-0.05, 0) is 25.8 Å². The van der Waals surface area contributed by atoms with Crippen molar-refractivity contribution in [1.82, 2.24) is 5.32 Å². The number of benzene rings is 1. The van der Waals surface area contributed by atoms with E-state index >= 15 is 0 Å². The molecular weight excluding hydrogens is 270 g/mol. The summed E-state index contributed by atoms with van der Waals surface area (Å²) in [5, 5.41) is 13.3. The molecule has 0 saturated heterocycles. The number of nitrogens with two attached hydrogens (primary N) is 1. The largest absolute Gasteiger partial charge is 0.352 e. The van der Waals surface area contributed by atoms with Gasteiger partial charge in [-0.15, -0.1) is 12.4 Å². The van der Waals surface area contributed by atoms with Crippen molar-refractivity contribution in [2.45, 2.75) is 26.3 Å². The standard InChI is InChI=1S/C12H17N3O3.ClH/c1-8-3-4-10(15(17)18)7-11(8)12(16)14-6-5-9(2)13;/h3-4,7,9H,5-6,13H2,1-2H3,(H,14,16);1H. The summed E-state index contributed by atoms with van der Waals surface area (Å²) in [7, 11) is 0. The van der Waals surface area contributed by atoms with E-state index in [4.69, 9.17) is 5.73 Å². The molecule has 0 saturated carbocycles. The molecule has 1 amide bonds. The monoisotopic (exact) mass is 287 g/mol. The van der Waals surface area contributed by atoms with Gasteiger partial charge in [0.1, 0.15) is 0 Å². The topological polar surface area (TPSA) is 98.3 Å². The van der Waals surface area contributed by atoms with Gasteiger partial charge >= 0.3 is 0 Å². The van der Waals surface area contributed by atoms with E-state index in [-0.39, 0.29) is 30.0 Å². The molecular formula is C12H18ClN3O3. The average Bonchev–Trinajstić information content (AvgIpc) is 2.28. The zero-order chi connectivity index (χ0) is 13.7. The Morgan fingerprint density at radius 1 is 1.53 bits per heavy atom. The van der Waals surface area contributed by atoms with E-state index < -0.39 is 4.92 Å². The zero-order valence-corrected chi connectivity index (χ0v) is 11.7. The third kappa shape index (κ3) is 5.23. The molecule has 0 aliphatic rings. The predicted molar refractivity (Wildman–Crippen MR) is 75.7 cm³/mol. The fourth-order valence-corrected chi connectivity index (χ4v) is 1.48. The summed E-state index contributed by atoms with van der Waals surface area (Å²) in [6.45, 7) is 4.05. The quantitative estimate of drug-likeness (QED) is 0.637. The lowest BCUT2D eigenvalue weighted by molar-refractivity contribution is -0.384. The van der Waals surface area contributed by atoms with E-state index in [0.717, 1.165) is 0 Å². The number of nitro groups is 1. The van der Waals surface area contributed by atoms with Gasteiger partial charge in [-0.2, -0.15) is 0 Å². The van der Waals surface area contributed by atoms with Gasteiger partial charge < -0.3 is 11.1 Å². The maximum absolute atomic E-state index is 11.8. The highest BCUT2D eigenvalue weighted by Crippen LogP contribution is 2.17. The molecule has 1 aromatic rings. The van der Waals surface area contributed by atoms with Gasteiger partial charge in [0.2, 0.25) is 0 Å². The summed E-state index contributed by atoms with van der Waals surface area (Å²) in [6.07, 6.45) is 0.666. The molecule has 0 aromatic heterocycles. The molecule has 0 bridgehead atoms. The molecule has 0 spiro atoms. The van der Waals surface area contributed by atoms with Crippen LogP contribution in [0.5, 0.6) is 0 Å². The predicted octanol–water partition coefficient (Wildman–Crippen LogP) is 1.79. The lowest BCUT2D eigenvalue weighted by atomic mass is 10.1. The number of carbonyl (C=O) groups excluding carboxylic acids is 1. The van der Waals surface area contributed by atoms with Crippen LogP contribution in [0.1, 0.15) is 29.3 Å². The van der Waals surface area contributed by atoms with Crippen molar-refractivity contribution < 1.29 is 9.72 Å². The minimum Gasteiger partial charge on any atom is -0.352 e. The van der Waals surface area contributed by atoms with Crippen LogP contribution >= 0.6 is 12.4 Å².